The zero-order valence-electron chi connectivity index (χ0n) is 15.7. The molecule has 0 aliphatic carbocycles. The maximum atomic E-state index is 12.9. The SMILES string of the molecule is COc1cc(Br)c(O)c(/C=N/n2c(C)nc3cc(OC)c(OC)cc3c2=O)c1. The normalized spacial score (nSPS) is 11.2. The first-order valence-corrected chi connectivity index (χ1v) is 8.95. The van der Waals surface area contributed by atoms with E-state index in [2.05, 4.69) is 26.0 Å². The van der Waals surface area contributed by atoms with E-state index in [1.165, 1.54) is 27.5 Å². The van der Waals surface area contributed by atoms with Crippen molar-refractivity contribution < 1.29 is 19.3 Å². The van der Waals surface area contributed by atoms with Crippen LogP contribution in [-0.2, 0) is 0 Å². The summed E-state index contributed by atoms with van der Waals surface area (Å²) in [5, 5.41) is 14.7. The van der Waals surface area contributed by atoms with Crippen molar-refractivity contribution in [1.82, 2.24) is 9.66 Å². The maximum absolute atomic E-state index is 12.9. The van der Waals surface area contributed by atoms with Crippen molar-refractivity contribution in [1.29, 1.82) is 0 Å². The topological polar surface area (TPSA) is 95.2 Å². The predicted molar refractivity (Wildman–Crippen MR) is 109 cm³/mol. The molecule has 1 aromatic heterocycles. The Morgan fingerprint density at radius 3 is 2.43 bits per heavy atom. The van der Waals surface area contributed by atoms with Gasteiger partial charge in [0.05, 0.1) is 42.9 Å². The second-order valence-electron chi connectivity index (χ2n) is 5.79. The van der Waals surface area contributed by atoms with Crippen LogP contribution in [0.15, 0.2) is 38.6 Å². The third kappa shape index (κ3) is 3.53. The fourth-order valence-corrected chi connectivity index (χ4v) is 3.14. The molecule has 8 nitrogen and oxygen atoms in total. The number of ether oxygens (including phenoxy) is 3. The predicted octanol–water partition coefficient (Wildman–Crippen LogP) is 3.08. The van der Waals surface area contributed by atoms with Crippen LogP contribution in [0.1, 0.15) is 11.4 Å². The van der Waals surface area contributed by atoms with Gasteiger partial charge in [-0.3, -0.25) is 4.79 Å². The van der Waals surface area contributed by atoms with E-state index in [1.54, 1.807) is 31.2 Å². The van der Waals surface area contributed by atoms with Crippen LogP contribution in [0.4, 0.5) is 0 Å². The Labute approximate surface area is 169 Å². The summed E-state index contributed by atoms with van der Waals surface area (Å²) >= 11 is 3.26. The number of phenols is 1. The molecule has 9 heteroatoms. The number of halogens is 1. The lowest BCUT2D eigenvalue weighted by Gasteiger charge is -2.10. The van der Waals surface area contributed by atoms with E-state index < -0.39 is 0 Å². The van der Waals surface area contributed by atoms with Crippen molar-refractivity contribution in [3.8, 4) is 23.0 Å². The molecule has 1 N–H and O–H groups in total. The summed E-state index contributed by atoms with van der Waals surface area (Å²) in [6, 6.07) is 6.43. The van der Waals surface area contributed by atoms with Gasteiger partial charge in [0.15, 0.2) is 11.5 Å². The molecule has 0 saturated heterocycles. The number of nitrogens with zero attached hydrogens (tertiary/aromatic N) is 3. The van der Waals surface area contributed by atoms with Crippen molar-refractivity contribution in [2.45, 2.75) is 6.92 Å². The Kier molecular flexibility index (Phi) is 5.55. The first kappa shape index (κ1) is 19.7. The van der Waals surface area contributed by atoms with Crippen LogP contribution < -0.4 is 19.8 Å². The number of hydrogen-bond acceptors (Lipinski definition) is 7. The first-order valence-electron chi connectivity index (χ1n) is 8.15. The quantitative estimate of drug-likeness (QED) is 0.603. The van der Waals surface area contributed by atoms with E-state index in [9.17, 15) is 9.90 Å². The molecule has 0 saturated carbocycles. The summed E-state index contributed by atoms with van der Waals surface area (Å²) in [4.78, 5) is 17.4. The Hall–Kier alpha value is -3.07. The number of aryl methyl sites for hydroxylation is 1. The molecule has 28 heavy (non-hydrogen) atoms. The fraction of sp³-hybridized carbons (Fsp3) is 0.211. The van der Waals surface area contributed by atoms with Gasteiger partial charge in [0.2, 0.25) is 0 Å². The van der Waals surface area contributed by atoms with Crippen molar-refractivity contribution in [2.75, 3.05) is 21.3 Å². The molecule has 3 aromatic rings. The molecule has 0 bridgehead atoms. The molecule has 2 aromatic carbocycles. The Bertz CT molecular complexity index is 1140. The summed E-state index contributed by atoms with van der Waals surface area (Å²) < 4.78 is 17.3. The molecule has 0 radical (unpaired) electrons. The van der Waals surface area contributed by atoms with Gasteiger partial charge in [-0.15, -0.1) is 0 Å². The largest absolute Gasteiger partial charge is 0.506 e. The number of fused-ring (bicyclic) bond motifs is 1. The number of benzene rings is 2. The number of aromatic hydroxyl groups is 1. The van der Waals surface area contributed by atoms with Gasteiger partial charge in [-0.05, 0) is 41.1 Å². The number of methoxy groups -OCH3 is 3. The molecule has 0 aliphatic rings. The number of hydrogen-bond donors (Lipinski definition) is 1. The minimum atomic E-state index is -0.374. The van der Waals surface area contributed by atoms with Gasteiger partial charge < -0.3 is 19.3 Å². The molecule has 0 atom stereocenters. The standard InChI is InChI=1S/C19H18BrN3O5/c1-10-22-15-8-17(28-4)16(27-3)7-13(15)19(25)23(10)21-9-11-5-12(26-2)6-14(20)18(11)24/h5-9,24H,1-4H3/b21-9+. The van der Waals surface area contributed by atoms with Crippen LogP contribution >= 0.6 is 15.9 Å². The van der Waals surface area contributed by atoms with Gasteiger partial charge in [0.1, 0.15) is 17.3 Å². The molecule has 0 amide bonds. The van der Waals surface area contributed by atoms with Crippen LogP contribution in [-0.4, -0.2) is 42.3 Å². The van der Waals surface area contributed by atoms with Gasteiger partial charge in [0.25, 0.3) is 5.56 Å². The monoisotopic (exact) mass is 447 g/mol. The molecule has 1 heterocycles. The minimum Gasteiger partial charge on any atom is -0.506 e. The zero-order valence-corrected chi connectivity index (χ0v) is 17.3. The Balaban J connectivity index is 2.15. The van der Waals surface area contributed by atoms with Gasteiger partial charge in [-0.2, -0.15) is 9.78 Å². The van der Waals surface area contributed by atoms with E-state index in [0.29, 0.717) is 44.0 Å². The molecule has 3 rings (SSSR count). The summed E-state index contributed by atoms with van der Waals surface area (Å²) in [6.45, 7) is 1.66. The fourth-order valence-electron chi connectivity index (χ4n) is 2.68. The van der Waals surface area contributed by atoms with Crippen LogP contribution in [0.3, 0.4) is 0 Å². The lowest BCUT2D eigenvalue weighted by Crippen LogP contribution is -2.20. The molecular weight excluding hydrogens is 430 g/mol. The van der Waals surface area contributed by atoms with E-state index in [4.69, 9.17) is 14.2 Å². The molecule has 0 fully saturated rings. The van der Waals surface area contributed by atoms with E-state index >= 15 is 0 Å². The number of rotatable bonds is 5. The van der Waals surface area contributed by atoms with Gasteiger partial charge in [-0.1, -0.05) is 0 Å². The van der Waals surface area contributed by atoms with Crippen LogP contribution in [0, 0.1) is 6.92 Å². The Morgan fingerprint density at radius 2 is 1.79 bits per heavy atom. The average molecular weight is 448 g/mol. The number of aromatic nitrogens is 2. The van der Waals surface area contributed by atoms with Crippen molar-refractivity contribution in [3.63, 3.8) is 0 Å². The molecule has 0 spiro atoms. The second-order valence-corrected chi connectivity index (χ2v) is 6.65. The van der Waals surface area contributed by atoms with Crippen LogP contribution in [0.25, 0.3) is 10.9 Å². The third-order valence-corrected chi connectivity index (χ3v) is 4.73. The summed E-state index contributed by atoms with van der Waals surface area (Å²) in [5.41, 5.74) is 0.477. The highest BCUT2D eigenvalue weighted by atomic mass is 79.9. The molecular formula is C19H18BrN3O5. The van der Waals surface area contributed by atoms with Gasteiger partial charge >= 0.3 is 0 Å². The van der Waals surface area contributed by atoms with Crippen molar-refractivity contribution >= 4 is 33.0 Å². The number of phenolic OH excluding ortho intramolecular Hbond substituents is 1. The highest BCUT2D eigenvalue weighted by Crippen LogP contribution is 2.32. The highest BCUT2D eigenvalue weighted by Gasteiger charge is 2.13. The lowest BCUT2D eigenvalue weighted by molar-refractivity contribution is 0.355. The van der Waals surface area contributed by atoms with E-state index in [0.717, 1.165) is 4.68 Å². The van der Waals surface area contributed by atoms with E-state index in [1.807, 2.05) is 0 Å². The van der Waals surface area contributed by atoms with Crippen LogP contribution in [0.2, 0.25) is 0 Å². The maximum Gasteiger partial charge on any atom is 0.282 e. The zero-order chi connectivity index (χ0) is 20.4. The van der Waals surface area contributed by atoms with E-state index in [-0.39, 0.29) is 11.3 Å². The smallest absolute Gasteiger partial charge is 0.282 e. The van der Waals surface area contributed by atoms with Crippen molar-refractivity contribution in [3.05, 3.63) is 50.5 Å². The second kappa shape index (κ2) is 7.89. The molecule has 0 aliphatic heterocycles. The average Bonchev–Trinajstić information content (AvgIpc) is 2.69. The first-order chi connectivity index (χ1) is 13.4. The summed E-state index contributed by atoms with van der Waals surface area (Å²) in [5.74, 6) is 1.79. The van der Waals surface area contributed by atoms with Crippen LogP contribution in [0.5, 0.6) is 23.0 Å². The highest BCUT2D eigenvalue weighted by molar-refractivity contribution is 9.10. The molecule has 146 valence electrons. The molecule has 0 unspecified atom stereocenters. The minimum absolute atomic E-state index is 0.0181. The third-order valence-electron chi connectivity index (χ3n) is 4.13. The summed E-state index contributed by atoms with van der Waals surface area (Å²) in [6.07, 6.45) is 1.37. The van der Waals surface area contributed by atoms with Gasteiger partial charge in [-0.25, -0.2) is 4.98 Å². The summed E-state index contributed by atoms with van der Waals surface area (Å²) in [7, 11) is 4.52. The van der Waals surface area contributed by atoms with Crippen molar-refractivity contribution in [2.24, 2.45) is 5.10 Å². The van der Waals surface area contributed by atoms with Gasteiger partial charge in [0, 0.05) is 11.6 Å². The Morgan fingerprint density at radius 1 is 1.11 bits per heavy atom. The lowest BCUT2D eigenvalue weighted by atomic mass is 10.2.